The van der Waals surface area contributed by atoms with Crippen LogP contribution in [0.2, 0.25) is 0 Å². The van der Waals surface area contributed by atoms with Gasteiger partial charge in [0.15, 0.2) is 5.11 Å². The first-order valence-corrected chi connectivity index (χ1v) is 7.56. The smallest absolute Gasteiger partial charge is 0.265 e. The fourth-order valence-electron chi connectivity index (χ4n) is 2.30. The Morgan fingerprint density at radius 3 is 2.17 bits per heavy atom. The number of hydrogen-bond donors (Lipinski definition) is 1. The van der Waals surface area contributed by atoms with Crippen LogP contribution < -0.4 is 19.5 Å². The number of ether oxygens (including phenoxy) is 3. The van der Waals surface area contributed by atoms with E-state index in [0.29, 0.717) is 29.4 Å². The first-order valence-electron chi connectivity index (χ1n) is 7.15. The lowest BCUT2D eigenvalue weighted by molar-refractivity contribution is -0.128. The topological polar surface area (TPSA) is 77.1 Å². The van der Waals surface area contributed by atoms with Crippen LogP contribution in [0.3, 0.4) is 0 Å². The van der Waals surface area contributed by atoms with Crippen molar-refractivity contribution in [3.8, 4) is 17.2 Å². The van der Waals surface area contributed by atoms with E-state index in [0.717, 1.165) is 0 Å². The molecule has 0 bridgehead atoms. The zero-order valence-electron chi connectivity index (χ0n) is 13.8. The minimum atomic E-state index is -0.561. The largest absolute Gasteiger partial charge is 0.496 e. The van der Waals surface area contributed by atoms with Gasteiger partial charge in [-0.1, -0.05) is 0 Å². The summed E-state index contributed by atoms with van der Waals surface area (Å²) in [6, 6.07) is 3.28. The van der Waals surface area contributed by atoms with E-state index >= 15 is 0 Å². The minimum absolute atomic E-state index is 0.0489. The molecule has 1 aliphatic rings. The molecule has 1 aromatic rings. The van der Waals surface area contributed by atoms with Crippen LogP contribution in [-0.2, 0) is 9.59 Å². The molecular formula is C16H18N2O5S. The molecule has 8 heteroatoms. The Balaban J connectivity index is 2.59. The number of amides is 2. The molecule has 0 unspecified atom stereocenters. The second-order valence-corrected chi connectivity index (χ2v) is 5.20. The molecule has 0 aromatic heterocycles. The molecule has 1 fully saturated rings. The Bertz CT molecular complexity index is 704. The number of carbonyl (C=O) groups excluding carboxylic acids is 2. The number of likely N-dealkylation sites (N-methyl/N-ethyl adjacent to an activating group) is 1. The Morgan fingerprint density at radius 1 is 1.12 bits per heavy atom. The van der Waals surface area contributed by atoms with Gasteiger partial charge in [0.05, 0.1) is 26.9 Å². The Hall–Kier alpha value is -2.61. The van der Waals surface area contributed by atoms with E-state index in [-0.39, 0.29) is 10.7 Å². The summed E-state index contributed by atoms with van der Waals surface area (Å²) in [4.78, 5) is 26.0. The van der Waals surface area contributed by atoms with Gasteiger partial charge in [0, 0.05) is 18.7 Å². The van der Waals surface area contributed by atoms with Gasteiger partial charge in [-0.25, -0.2) is 0 Å². The molecule has 2 amide bonds. The number of carbonyl (C=O) groups is 2. The highest BCUT2D eigenvalue weighted by Crippen LogP contribution is 2.36. The standard InChI is InChI=1S/C16H18N2O5S/c1-5-18-15(20)11(14(19)17-16(18)24)8-10-12(22-3)6-9(21-2)7-13(10)23-4/h6-8H,5H2,1-4H3,(H,17,19,24)/b11-8+. The average Bonchev–Trinajstić information content (AvgIpc) is 2.58. The predicted molar refractivity (Wildman–Crippen MR) is 92.2 cm³/mol. The quantitative estimate of drug-likeness (QED) is 0.491. The van der Waals surface area contributed by atoms with Crippen molar-refractivity contribution in [1.29, 1.82) is 0 Å². The van der Waals surface area contributed by atoms with E-state index in [4.69, 9.17) is 26.4 Å². The van der Waals surface area contributed by atoms with Crippen LogP contribution in [0, 0.1) is 0 Å². The molecular weight excluding hydrogens is 332 g/mol. The Morgan fingerprint density at radius 2 is 1.71 bits per heavy atom. The first kappa shape index (κ1) is 17.7. The molecule has 0 spiro atoms. The van der Waals surface area contributed by atoms with Gasteiger partial charge < -0.3 is 14.2 Å². The summed E-state index contributed by atoms with van der Waals surface area (Å²) in [6.07, 6.45) is 1.43. The number of nitrogens with one attached hydrogen (secondary N) is 1. The summed E-state index contributed by atoms with van der Waals surface area (Å²) in [5, 5.41) is 2.60. The van der Waals surface area contributed by atoms with E-state index in [1.165, 1.54) is 32.3 Å². The average molecular weight is 350 g/mol. The second kappa shape index (κ2) is 7.31. The van der Waals surface area contributed by atoms with Gasteiger partial charge >= 0.3 is 0 Å². The van der Waals surface area contributed by atoms with E-state index < -0.39 is 11.8 Å². The molecule has 0 aliphatic carbocycles. The highest BCUT2D eigenvalue weighted by Gasteiger charge is 2.33. The molecule has 0 atom stereocenters. The number of hydrogen-bond acceptors (Lipinski definition) is 6. The highest BCUT2D eigenvalue weighted by atomic mass is 32.1. The molecule has 1 N–H and O–H groups in total. The van der Waals surface area contributed by atoms with Gasteiger partial charge in [-0.3, -0.25) is 19.8 Å². The van der Waals surface area contributed by atoms with E-state index in [1.54, 1.807) is 19.1 Å². The summed E-state index contributed by atoms with van der Waals surface area (Å²) >= 11 is 5.01. The summed E-state index contributed by atoms with van der Waals surface area (Å²) in [6.45, 7) is 2.13. The van der Waals surface area contributed by atoms with Crippen molar-refractivity contribution in [2.24, 2.45) is 0 Å². The zero-order valence-corrected chi connectivity index (χ0v) is 14.7. The molecule has 2 rings (SSSR count). The molecule has 128 valence electrons. The van der Waals surface area contributed by atoms with Crippen LogP contribution in [0.5, 0.6) is 17.2 Å². The van der Waals surface area contributed by atoms with Gasteiger partial charge in [-0.15, -0.1) is 0 Å². The van der Waals surface area contributed by atoms with Crippen LogP contribution in [-0.4, -0.2) is 49.7 Å². The van der Waals surface area contributed by atoms with Gasteiger partial charge in [0.25, 0.3) is 11.8 Å². The van der Waals surface area contributed by atoms with Crippen molar-refractivity contribution < 1.29 is 23.8 Å². The number of thiocarbonyl (C=S) groups is 1. The summed E-state index contributed by atoms with van der Waals surface area (Å²) in [5.74, 6) is 0.327. The van der Waals surface area contributed by atoms with Crippen LogP contribution in [0.4, 0.5) is 0 Å². The van der Waals surface area contributed by atoms with E-state index in [1.807, 2.05) is 0 Å². The third-order valence-electron chi connectivity index (χ3n) is 3.54. The Kier molecular flexibility index (Phi) is 5.40. The third-order valence-corrected chi connectivity index (χ3v) is 3.87. The number of methoxy groups -OCH3 is 3. The minimum Gasteiger partial charge on any atom is -0.496 e. The number of benzene rings is 1. The number of rotatable bonds is 5. The zero-order chi connectivity index (χ0) is 17.9. The van der Waals surface area contributed by atoms with Gasteiger partial charge in [0.2, 0.25) is 0 Å². The van der Waals surface area contributed by atoms with Crippen LogP contribution >= 0.6 is 12.2 Å². The van der Waals surface area contributed by atoms with Crippen molar-refractivity contribution in [2.45, 2.75) is 6.92 Å². The summed E-state index contributed by atoms with van der Waals surface area (Å²) < 4.78 is 15.8. The molecule has 1 heterocycles. The van der Waals surface area contributed by atoms with Crippen molar-refractivity contribution in [2.75, 3.05) is 27.9 Å². The van der Waals surface area contributed by atoms with Crippen molar-refractivity contribution >= 4 is 35.2 Å². The van der Waals surface area contributed by atoms with Crippen LogP contribution in [0.15, 0.2) is 17.7 Å². The van der Waals surface area contributed by atoms with Crippen molar-refractivity contribution in [3.05, 3.63) is 23.3 Å². The maximum absolute atomic E-state index is 12.5. The van der Waals surface area contributed by atoms with Gasteiger partial charge in [-0.2, -0.15) is 0 Å². The Labute approximate surface area is 145 Å². The fraction of sp³-hybridized carbons (Fsp3) is 0.312. The highest BCUT2D eigenvalue weighted by molar-refractivity contribution is 7.80. The van der Waals surface area contributed by atoms with Gasteiger partial charge in [0.1, 0.15) is 22.8 Å². The molecule has 24 heavy (non-hydrogen) atoms. The maximum Gasteiger partial charge on any atom is 0.265 e. The van der Waals surface area contributed by atoms with Crippen LogP contribution in [0.1, 0.15) is 12.5 Å². The first-order chi connectivity index (χ1) is 11.5. The monoisotopic (exact) mass is 350 g/mol. The predicted octanol–water partition coefficient (Wildman–Crippen LogP) is 1.36. The van der Waals surface area contributed by atoms with E-state index in [2.05, 4.69) is 5.32 Å². The summed E-state index contributed by atoms with van der Waals surface area (Å²) in [5.41, 5.74) is 0.412. The molecule has 1 saturated heterocycles. The second-order valence-electron chi connectivity index (χ2n) is 4.81. The van der Waals surface area contributed by atoms with Crippen molar-refractivity contribution in [3.63, 3.8) is 0 Å². The lowest BCUT2D eigenvalue weighted by atomic mass is 10.1. The molecule has 0 radical (unpaired) electrons. The lowest BCUT2D eigenvalue weighted by Crippen LogP contribution is -2.53. The summed E-state index contributed by atoms with van der Waals surface area (Å²) in [7, 11) is 4.48. The van der Waals surface area contributed by atoms with Crippen molar-refractivity contribution in [1.82, 2.24) is 10.2 Å². The molecule has 7 nitrogen and oxygen atoms in total. The SMILES string of the molecule is CCN1C(=O)/C(=C/c2c(OC)cc(OC)cc2OC)C(=O)NC1=S. The van der Waals surface area contributed by atoms with Crippen LogP contribution in [0.25, 0.3) is 6.08 Å². The normalized spacial score (nSPS) is 16.2. The fourth-order valence-corrected chi connectivity index (χ4v) is 2.61. The lowest BCUT2D eigenvalue weighted by Gasteiger charge is -2.27. The maximum atomic E-state index is 12.5. The molecule has 1 aliphatic heterocycles. The van der Waals surface area contributed by atoms with E-state index in [9.17, 15) is 9.59 Å². The molecule has 1 aromatic carbocycles. The number of nitrogens with zero attached hydrogens (tertiary/aromatic N) is 1. The molecule has 0 saturated carbocycles. The van der Waals surface area contributed by atoms with Gasteiger partial charge in [-0.05, 0) is 25.2 Å². The third kappa shape index (κ3) is 3.18.